The van der Waals surface area contributed by atoms with Gasteiger partial charge in [0.15, 0.2) is 0 Å². The van der Waals surface area contributed by atoms with Crippen LogP contribution in [0.5, 0.6) is 0 Å². The minimum Gasteiger partial charge on any atom is -0.359 e. The molecule has 0 bridgehead atoms. The van der Waals surface area contributed by atoms with Crippen molar-refractivity contribution in [1.29, 1.82) is 0 Å². The number of rotatable bonds is 8. The first-order chi connectivity index (χ1) is 8.69. The summed E-state index contributed by atoms with van der Waals surface area (Å²) < 4.78 is 2.23. The fourth-order valence-electron chi connectivity index (χ4n) is 2.02. The molecule has 4 heteroatoms. The molecule has 0 aliphatic carbocycles. The number of amides is 1. The van der Waals surface area contributed by atoms with Crippen molar-refractivity contribution in [2.75, 3.05) is 13.6 Å². The molecule has 1 atom stereocenters. The van der Waals surface area contributed by atoms with Gasteiger partial charge in [-0.25, -0.2) is 0 Å². The van der Waals surface area contributed by atoms with E-state index in [9.17, 15) is 4.79 Å². The van der Waals surface area contributed by atoms with Gasteiger partial charge in [0.25, 0.3) is 0 Å². The van der Waals surface area contributed by atoms with Crippen LogP contribution in [-0.2, 0) is 11.3 Å². The number of nitrogens with zero attached hydrogens (tertiary/aromatic N) is 1. The SMILES string of the molecule is CCCNC(C)c1cccn1CCCC(=O)NC. The van der Waals surface area contributed by atoms with E-state index in [1.165, 1.54) is 5.69 Å². The normalized spacial score (nSPS) is 12.4. The molecule has 4 nitrogen and oxygen atoms in total. The first kappa shape index (κ1) is 14.8. The summed E-state index contributed by atoms with van der Waals surface area (Å²) in [5.74, 6) is 0.112. The number of carbonyl (C=O) groups excluding carboxylic acids is 1. The van der Waals surface area contributed by atoms with Crippen molar-refractivity contribution >= 4 is 5.91 Å². The number of carbonyl (C=O) groups is 1. The predicted octanol–water partition coefficient (Wildman–Crippen LogP) is 2.07. The maximum atomic E-state index is 11.2. The largest absolute Gasteiger partial charge is 0.359 e. The third-order valence-corrected chi connectivity index (χ3v) is 3.09. The highest BCUT2D eigenvalue weighted by Gasteiger charge is 2.09. The molecule has 0 aliphatic rings. The molecule has 0 saturated carbocycles. The highest BCUT2D eigenvalue weighted by Crippen LogP contribution is 2.14. The van der Waals surface area contributed by atoms with Crippen LogP contribution in [0.2, 0.25) is 0 Å². The summed E-state index contributed by atoms with van der Waals surface area (Å²) in [5.41, 5.74) is 1.29. The standard InChI is InChI=1S/C14H25N3O/c1-4-9-16-12(2)13-7-5-10-17(13)11-6-8-14(18)15-3/h5,7,10,12,16H,4,6,8-9,11H2,1-3H3,(H,15,18). The van der Waals surface area contributed by atoms with Gasteiger partial charge in [0.05, 0.1) is 0 Å². The highest BCUT2D eigenvalue weighted by molar-refractivity contribution is 5.75. The van der Waals surface area contributed by atoms with Crippen LogP contribution in [-0.4, -0.2) is 24.1 Å². The summed E-state index contributed by atoms with van der Waals surface area (Å²) >= 11 is 0. The monoisotopic (exact) mass is 251 g/mol. The van der Waals surface area contributed by atoms with Crippen molar-refractivity contribution in [2.45, 2.75) is 45.7 Å². The van der Waals surface area contributed by atoms with Crippen molar-refractivity contribution in [3.63, 3.8) is 0 Å². The molecule has 18 heavy (non-hydrogen) atoms. The molecular weight excluding hydrogens is 226 g/mol. The molecule has 0 aromatic carbocycles. The fourth-order valence-corrected chi connectivity index (χ4v) is 2.02. The van der Waals surface area contributed by atoms with Crippen molar-refractivity contribution in [1.82, 2.24) is 15.2 Å². The Kier molecular flexibility index (Phi) is 6.50. The van der Waals surface area contributed by atoms with Gasteiger partial charge < -0.3 is 15.2 Å². The Bertz CT molecular complexity index is 360. The molecule has 2 N–H and O–H groups in total. The van der Waals surface area contributed by atoms with E-state index in [-0.39, 0.29) is 5.91 Å². The molecular formula is C14H25N3O. The first-order valence-electron chi connectivity index (χ1n) is 6.78. The molecule has 0 spiro atoms. The van der Waals surface area contributed by atoms with E-state index in [4.69, 9.17) is 0 Å². The van der Waals surface area contributed by atoms with Gasteiger partial charge in [-0.15, -0.1) is 0 Å². The summed E-state index contributed by atoms with van der Waals surface area (Å²) in [6.07, 6.45) is 4.69. The van der Waals surface area contributed by atoms with E-state index < -0.39 is 0 Å². The van der Waals surface area contributed by atoms with Gasteiger partial charge in [0.1, 0.15) is 0 Å². The lowest BCUT2D eigenvalue weighted by atomic mass is 10.2. The van der Waals surface area contributed by atoms with Crippen molar-refractivity contribution in [2.24, 2.45) is 0 Å². The van der Waals surface area contributed by atoms with Crippen LogP contribution < -0.4 is 10.6 Å². The highest BCUT2D eigenvalue weighted by atomic mass is 16.1. The van der Waals surface area contributed by atoms with Crippen LogP contribution >= 0.6 is 0 Å². The molecule has 1 aromatic rings. The quantitative estimate of drug-likeness (QED) is 0.743. The predicted molar refractivity (Wildman–Crippen MR) is 74.4 cm³/mol. The Morgan fingerprint density at radius 3 is 2.94 bits per heavy atom. The van der Waals surface area contributed by atoms with E-state index in [0.717, 1.165) is 25.9 Å². The second-order valence-corrected chi connectivity index (χ2v) is 4.58. The van der Waals surface area contributed by atoms with Crippen molar-refractivity contribution in [3.05, 3.63) is 24.0 Å². The van der Waals surface area contributed by atoms with E-state index in [1.54, 1.807) is 7.05 Å². The van der Waals surface area contributed by atoms with Gasteiger partial charge >= 0.3 is 0 Å². The molecule has 1 amide bonds. The average molecular weight is 251 g/mol. The Balaban J connectivity index is 2.46. The number of nitrogens with one attached hydrogen (secondary N) is 2. The van der Waals surface area contributed by atoms with E-state index in [1.807, 2.05) is 0 Å². The molecule has 1 unspecified atom stereocenters. The van der Waals surface area contributed by atoms with Gasteiger partial charge in [0, 0.05) is 37.9 Å². The van der Waals surface area contributed by atoms with Crippen molar-refractivity contribution < 1.29 is 4.79 Å². The second kappa shape index (κ2) is 7.93. The van der Waals surface area contributed by atoms with E-state index in [2.05, 4.69) is 47.4 Å². The van der Waals surface area contributed by atoms with Crippen LogP contribution in [0.25, 0.3) is 0 Å². The van der Waals surface area contributed by atoms with Crippen LogP contribution in [0.15, 0.2) is 18.3 Å². The molecule has 0 aliphatic heterocycles. The lowest BCUT2D eigenvalue weighted by Gasteiger charge is -2.16. The maximum Gasteiger partial charge on any atom is 0.219 e. The Labute approximate surface area is 110 Å². The Morgan fingerprint density at radius 1 is 1.50 bits per heavy atom. The number of aromatic nitrogens is 1. The first-order valence-corrected chi connectivity index (χ1v) is 6.78. The molecule has 1 rings (SSSR count). The second-order valence-electron chi connectivity index (χ2n) is 4.58. The molecule has 0 radical (unpaired) electrons. The minimum absolute atomic E-state index is 0.112. The van der Waals surface area contributed by atoms with E-state index >= 15 is 0 Å². The Hall–Kier alpha value is -1.29. The minimum atomic E-state index is 0.112. The third kappa shape index (κ3) is 4.53. The molecule has 1 heterocycles. The van der Waals surface area contributed by atoms with Crippen molar-refractivity contribution in [3.8, 4) is 0 Å². The topological polar surface area (TPSA) is 46.1 Å². The number of hydrogen-bond donors (Lipinski definition) is 2. The molecule has 102 valence electrons. The van der Waals surface area contributed by atoms with Crippen LogP contribution in [0.1, 0.15) is 44.8 Å². The van der Waals surface area contributed by atoms with Gasteiger partial charge in [0.2, 0.25) is 5.91 Å². The summed E-state index contributed by atoms with van der Waals surface area (Å²) in [6, 6.07) is 4.58. The van der Waals surface area contributed by atoms with Gasteiger partial charge in [-0.05, 0) is 38.4 Å². The molecule has 1 aromatic heterocycles. The maximum absolute atomic E-state index is 11.2. The zero-order chi connectivity index (χ0) is 13.4. The molecule has 0 saturated heterocycles. The van der Waals surface area contributed by atoms with Gasteiger partial charge in [-0.2, -0.15) is 0 Å². The number of hydrogen-bond acceptors (Lipinski definition) is 2. The third-order valence-electron chi connectivity index (χ3n) is 3.09. The van der Waals surface area contributed by atoms with Gasteiger partial charge in [-0.1, -0.05) is 6.92 Å². The van der Waals surface area contributed by atoms with Gasteiger partial charge in [-0.3, -0.25) is 4.79 Å². The molecule has 0 fully saturated rings. The average Bonchev–Trinajstić information content (AvgIpc) is 2.84. The Morgan fingerprint density at radius 2 is 2.28 bits per heavy atom. The van der Waals surface area contributed by atoms with Crippen LogP contribution in [0.4, 0.5) is 0 Å². The van der Waals surface area contributed by atoms with Crippen LogP contribution in [0, 0.1) is 0 Å². The zero-order valence-corrected chi connectivity index (χ0v) is 11.7. The summed E-state index contributed by atoms with van der Waals surface area (Å²) in [6.45, 7) is 6.28. The summed E-state index contributed by atoms with van der Waals surface area (Å²) in [5, 5.41) is 6.14. The smallest absolute Gasteiger partial charge is 0.219 e. The lowest BCUT2D eigenvalue weighted by molar-refractivity contribution is -0.120. The lowest BCUT2D eigenvalue weighted by Crippen LogP contribution is -2.22. The summed E-state index contributed by atoms with van der Waals surface area (Å²) in [4.78, 5) is 11.2. The van der Waals surface area contributed by atoms with Crippen LogP contribution in [0.3, 0.4) is 0 Å². The fraction of sp³-hybridized carbons (Fsp3) is 0.643. The zero-order valence-electron chi connectivity index (χ0n) is 11.7. The number of aryl methyl sites for hydroxylation is 1. The summed E-state index contributed by atoms with van der Waals surface area (Å²) in [7, 11) is 1.68. The van der Waals surface area contributed by atoms with E-state index in [0.29, 0.717) is 12.5 Å².